The largest absolute Gasteiger partial charge is 0.495 e. The second-order valence-electron chi connectivity index (χ2n) is 3.99. The number of methoxy groups -OCH3 is 1. The van der Waals surface area contributed by atoms with E-state index in [1.165, 1.54) is 0 Å². The Bertz CT molecular complexity index is 431. The van der Waals surface area contributed by atoms with Crippen molar-refractivity contribution in [1.29, 1.82) is 0 Å². The Labute approximate surface area is 106 Å². The molecule has 1 aromatic carbocycles. The van der Waals surface area contributed by atoms with Crippen molar-refractivity contribution in [3.63, 3.8) is 0 Å². The summed E-state index contributed by atoms with van der Waals surface area (Å²) in [4.78, 5) is 13.6. The fraction of sp³-hybridized carbons (Fsp3) is 0.417. The van der Waals surface area contributed by atoms with Crippen molar-refractivity contribution in [3.8, 4) is 5.75 Å². The van der Waals surface area contributed by atoms with E-state index >= 15 is 0 Å². The number of hydrogen-bond donors (Lipinski definition) is 2. The standard InChI is InChI=1S/C12H17N3O3/c1-17-11-3-2-9(8-10(11)13)14-12(16)15-4-6-18-7-5-15/h2-3,8H,4-7,13H2,1H3,(H,14,16). The first-order valence-corrected chi connectivity index (χ1v) is 5.78. The van der Waals surface area contributed by atoms with Crippen molar-refractivity contribution in [1.82, 2.24) is 4.90 Å². The smallest absolute Gasteiger partial charge is 0.322 e. The molecule has 1 aliphatic heterocycles. The number of hydrogen-bond acceptors (Lipinski definition) is 4. The van der Waals surface area contributed by atoms with Gasteiger partial charge in [-0.1, -0.05) is 0 Å². The van der Waals surface area contributed by atoms with Gasteiger partial charge in [0.05, 0.1) is 26.0 Å². The lowest BCUT2D eigenvalue weighted by Gasteiger charge is -2.27. The molecule has 1 aliphatic rings. The topological polar surface area (TPSA) is 76.8 Å². The van der Waals surface area contributed by atoms with Gasteiger partial charge in [0.25, 0.3) is 0 Å². The molecule has 6 nitrogen and oxygen atoms in total. The maximum Gasteiger partial charge on any atom is 0.322 e. The van der Waals surface area contributed by atoms with E-state index in [2.05, 4.69) is 5.32 Å². The van der Waals surface area contributed by atoms with Gasteiger partial charge in [-0.2, -0.15) is 0 Å². The fourth-order valence-corrected chi connectivity index (χ4v) is 1.78. The highest BCUT2D eigenvalue weighted by atomic mass is 16.5. The van der Waals surface area contributed by atoms with Crippen LogP contribution in [0.5, 0.6) is 5.75 Å². The van der Waals surface area contributed by atoms with Crippen molar-refractivity contribution in [2.45, 2.75) is 0 Å². The number of ether oxygens (including phenoxy) is 2. The van der Waals surface area contributed by atoms with E-state index in [1.807, 2.05) is 0 Å². The van der Waals surface area contributed by atoms with Gasteiger partial charge < -0.3 is 25.4 Å². The molecule has 18 heavy (non-hydrogen) atoms. The van der Waals surface area contributed by atoms with E-state index in [9.17, 15) is 4.79 Å². The van der Waals surface area contributed by atoms with Crippen LogP contribution in [0.4, 0.5) is 16.2 Å². The van der Waals surface area contributed by atoms with Crippen LogP contribution in [0.1, 0.15) is 0 Å². The maximum absolute atomic E-state index is 11.9. The van der Waals surface area contributed by atoms with Crippen molar-refractivity contribution < 1.29 is 14.3 Å². The summed E-state index contributed by atoms with van der Waals surface area (Å²) in [6.45, 7) is 2.38. The highest BCUT2D eigenvalue weighted by molar-refractivity contribution is 5.90. The molecule has 0 aliphatic carbocycles. The number of benzene rings is 1. The lowest BCUT2D eigenvalue weighted by molar-refractivity contribution is 0.0564. The average Bonchev–Trinajstić information content (AvgIpc) is 2.40. The lowest BCUT2D eigenvalue weighted by Crippen LogP contribution is -2.43. The molecule has 0 spiro atoms. The summed E-state index contributed by atoms with van der Waals surface area (Å²) >= 11 is 0. The van der Waals surface area contributed by atoms with E-state index in [0.29, 0.717) is 43.4 Å². The number of urea groups is 1. The van der Waals surface area contributed by atoms with Crippen molar-refractivity contribution in [2.75, 3.05) is 44.5 Å². The molecule has 1 fully saturated rings. The summed E-state index contributed by atoms with van der Waals surface area (Å²) in [6.07, 6.45) is 0. The molecule has 1 heterocycles. The molecule has 0 atom stereocenters. The highest BCUT2D eigenvalue weighted by Gasteiger charge is 2.16. The molecule has 0 radical (unpaired) electrons. The first-order chi connectivity index (χ1) is 8.70. The second-order valence-corrected chi connectivity index (χ2v) is 3.99. The monoisotopic (exact) mass is 251 g/mol. The Kier molecular flexibility index (Phi) is 3.88. The maximum atomic E-state index is 11.9. The van der Waals surface area contributed by atoms with Crippen LogP contribution < -0.4 is 15.8 Å². The third kappa shape index (κ3) is 2.84. The first kappa shape index (κ1) is 12.5. The van der Waals surface area contributed by atoms with Crippen LogP contribution in [0.25, 0.3) is 0 Å². The third-order valence-corrected chi connectivity index (χ3v) is 2.78. The van der Waals surface area contributed by atoms with Gasteiger partial charge in [0.2, 0.25) is 0 Å². The Morgan fingerprint density at radius 3 is 2.78 bits per heavy atom. The number of carbonyl (C=O) groups excluding carboxylic acids is 1. The Morgan fingerprint density at radius 2 is 2.17 bits per heavy atom. The van der Waals surface area contributed by atoms with Gasteiger partial charge in [0.1, 0.15) is 5.75 Å². The number of amides is 2. The zero-order valence-corrected chi connectivity index (χ0v) is 10.3. The normalized spacial score (nSPS) is 15.3. The minimum atomic E-state index is -0.136. The van der Waals surface area contributed by atoms with Crippen molar-refractivity contribution in [3.05, 3.63) is 18.2 Å². The van der Waals surface area contributed by atoms with E-state index in [-0.39, 0.29) is 6.03 Å². The highest BCUT2D eigenvalue weighted by Crippen LogP contribution is 2.24. The Balaban J connectivity index is 2.00. The van der Waals surface area contributed by atoms with E-state index < -0.39 is 0 Å². The number of nitrogens with zero attached hydrogens (tertiary/aromatic N) is 1. The Morgan fingerprint density at radius 1 is 1.44 bits per heavy atom. The number of nitrogens with one attached hydrogen (secondary N) is 1. The van der Waals surface area contributed by atoms with Crippen LogP contribution in [0.15, 0.2) is 18.2 Å². The minimum absolute atomic E-state index is 0.136. The molecular weight excluding hydrogens is 234 g/mol. The van der Waals surface area contributed by atoms with Crippen molar-refractivity contribution in [2.24, 2.45) is 0 Å². The third-order valence-electron chi connectivity index (χ3n) is 2.78. The molecular formula is C12H17N3O3. The fourth-order valence-electron chi connectivity index (χ4n) is 1.78. The lowest BCUT2D eigenvalue weighted by atomic mass is 10.2. The van der Waals surface area contributed by atoms with Gasteiger partial charge in [-0.15, -0.1) is 0 Å². The zero-order valence-electron chi connectivity index (χ0n) is 10.3. The molecule has 1 aromatic rings. The van der Waals surface area contributed by atoms with Gasteiger partial charge in [-0.25, -0.2) is 4.79 Å². The van der Waals surface area contributed by atoms with Gasteiger partial charge in [-0.05, 0) is 18.2 Å². The minimum Gasteiger partial charge on any atom is -0.495 e. The molecule has 2 rings (SSSR count). The molecule has 3 N–H and O–H groups in total. The molecule has 0 aromatic heterocycles. The van der Waals surface area contributed by atoms with E-state index in [0.717, 1.165) is 0 Å². The number of rotatable bonds is 2. The SMILES string of the molecule is COc1ccc(NC(=O)N2CCOCC2)cc1N. The Hall–Kier alpha value is -1.95. The summed E-state index contributed by atoms with van der Waals surface area (Å²) in [5.41, 5.74) is 6.93. The molecule has 0 bridgehead atoms. The van der Waals surface area contributed by atoms with Crippen LogP contribution in [-0.2, 0) is 4.74 Å². The van der Waals surface area contributed by atoms with E-state index in [1.54, 1.807) is 30.2 Å². The van der Waals surface area contributed by atoms with Crippen LogP contribution in [-0.4, -0.2) is 44.3 Å². The molecule has 1 saturated heterocycles. The predicted octanol–water partition coefficient (Wildman–Crippen LogP) is 1.14. The van der Waals surface area contributed by atoms with Crippen LogP contribution in [0.2, 0.25) is 0 Å². The number of morpholine rings is 1. The van der Waals surface area contributed by atoms with Gasteiger partial charge in [0, 0.05) is 18.8 Å². The van der Waals surface area contributed by atoms with Crippen LogP contribution >= 0.6 is 0 Å². The number of nitrogen functional groups attached to an aromatic ring is 1. The van der Waals surface area contributed by atoms with Crippen LogP contribution in [0, 0.1) is 0 Å². The molecule has 2 amide bonds. The van der Waals surface area contributed by atoms with Crippen molar-refractivity contribution >= 4 is 17.4 Å². The molecule has 0 unspecified atom stereocenters. The zero-order chi connectivity index (χ0) is 13.0. The molecule has 6 heteroatoms. The average molecular weight is 251 g/mol. The van der Waals surface area contributed by atoms with E-state index in [4.69, 9.17) is 15.2 Å². The summed E-state index contributed by atoms with van der Waals surface area (Å²) in [5.74, 6) is 0.597. The van der Waals surface area contributed by atoms with Crippen LogP contribution in [0.3, 0.4) is 0 Å². The summed E-state index contributed by atoms with van der Waals surface area (Å²) in [7, 11) is 1.55. The number of nitrogens with two attached hydrogens (primary N) is 1. The van der Waals surface area contributed by atoms with Gasteiger partial charge in [-0.3, -0.25) is 0 Å². The van der Waals surface area contributed by atoms with Gasteiger partial charge >= 0.3 is 6.03 Å². The predicted molar refractivity (Wildman–Crippen MR) is 68.8 cm³/mol. The second kappa shape index (κ2) is 5.59. The number of carbonyl (C=O) groups is 1. The summed E-state index contributed by atoms with van der Waals surface area (Å²) in [6, 6.07) is 5.03. The molecule has 98 valence electrons. The quantitative estimate of drug-likeness (QED) is 0.773. The summed E-state index contributed by atoms with van der Waals surface area (Å²) in [5, 5.41) is 2.80. The van der Waals surface area contributed by atoms with Gasteiger partial charge in [0.15, 0.2) is 0 Å². The summed E-state index contributed by atoms with van der Waals surface area (Å²) < 4.78 is 10.2. The molecule has 0 saturated carbocycles. The number of anilines is 2. The first-order valence-electron chi connectivity index (χ1n) is 5.78.